The van der Waals surface area contributed by atoms with Crippen molar-refractivity contribution >= 4 is 11.4 Å². The summed E-state index contributed by atoms with van der Waals surface area (Å²) in [4.78, 5) is 0. The lowest BCUT2D eigenvalue weighted by Crippen LogP contribution is -1.88. The lowest BCUT2D eigenvalue weighted by Gasteiger charge is -2.07. The summed E-state index contributed by atoms with van der Waals surface area (Å²) in [5, 5.41) is 19.0. The fraction of sp³-hybridized carbons (Fsp3) is 0. The SMILES string of the molecule is Nc1ccc(-c2ccc(O)c(N)c2)c(O)c1. The largest absolute Gasteiger partial charge is 0.507 e. The van der Waals surface area contributed by atoms with Crippen LogP contribution in [-0.2, 0) is 0 Å². The smallest absolute Gasteiger partial charge is 0.138 e. The number of aromatic hydroxyl groups is 2. The van der Waals surface area contributed by atoms with Gasteiger partial charge in [0, 0.05) is 17.3 Å². The Balaban J connectivity index is 2.54. The van der Waals surface area contributed by atoms with Crippen LogP contribution in [0.4, 0.5) is 11.4 Å². The number of phenols is 2. The Labute approximate surface area is 92.8 Å². The number of anilines is 2. The van der Waals surface area contributed by atoms with Gasteiger partial charge >= 0.3 is 0 Å². The third-order valence-corrected chi connectivity index (χ3v) is 2.36. The van der Waals surface area contributed by atoms with Crippen LogP contribution >= 0.6 is 0 Å². The molecule has 82 valence electrons. The van der Waals surface area contributed by atoms with Crippen molar-refractivity contribution in [2.24, 2.45) is 0 Å². The molecule has 0 atom stereocenters. The van der Waals surface area contributed by atoms with E-state index in [2.05, 4.69) is 0 Å². The molecule has 0 aliphatic rings. The van der Waals surface area contributed by atoms with Gasteiger partial charge in [-0.1, -0.05) is 6.07 Å². The predicted molar refractivity (Wildman–Crippen MR) is 64.0 cm³/mol. The molecule has 0 aliphatic carbocycles. The molecule has 0 saturated heterocycles. The van der Waals surface area contributed by atoms with Gasteiger partial charge < -0.3 is 21.7 Å². The molecule has 0 unspecified atom stereocenters. The lowest BCUT2D eigenvalue weighted by molar-refractivity contribution is 0.476. The molecule has 0 aliphatic heterocycles. The van der Waals surface area contributed by atoms with Crippen molar-refractivity contribution < 1.29 is 10.2 Å². The molecule has 0 fully saturated rings. The highest BCUT2D eigenvalue weighted by molar-refractivity contribution is 5.76. The minimum atomic E-state index is 0.0266. The Morgan fingerprint density at radius 1 is 0.812 bits per heavy atom. The summed E-state index contributed by atoms with van der Waals surface area (Å²) in [5.41, 5.74) is 13.2. The number of hydrogen-bond acceptors (Lipinski definition) is 4. The highest BCUT2D eigenvalue weighted by Gasteiger charge is 2.06. The topological polar surface area (TPSA) is 92.5 Å². The highest BCUT2D eigenvalue weighted by atomic mass is 16.3. The molecule has 0 amide bonds. The molecule has 4 heteroatoms. The Morgan fingerprint density at radius 3 is 2.19 bits per heavy atom. The van der Waals surface area contributed by atoms with E-state index in [1.165, 1.54) is 12.1 Å². The van der Waals surface area contributed by atoms with E-state index in [0.29, 0.717) is 11.3 Å². The van der Waals surface area contributed by atoms with E-state index in [1.54, 1.807) is 24.3 Å². The molecule has 2 rings (SSSR count). The van der Waals surface area contributed by atoms with Crippen LogP contribution in [-0.4, -0.2) is 10.2 Å². The second-order valence-corrected chi connectivity index (χ2v) is 3.55. The maximum absolute atomic E-state index is 9.72. The van der Waals surface area contributed by atoms with Gasteiger partial charge in [0.25, 0.3) is 0 Å². The van der Waals surface area contributed by atoms with E-state index < -0.39 is 0 Å². The van der Waals surface area contributed by atoms with E-state index in [-0.39, 0.29) is 17.2 Å². The third-order valence-electron chi connectivity index (χ3n) is 2.36. The standard InChI is InChI=1S/C12H12N2O2/c13-8-2-3-9(12(16)6-8)7-1-4-11(15)10(14)5-7/h1-6,15-16H,13-14H2. The average Bonchev–Trinajstić information content (AvgIpc) is 2.22. The van der Waals surface area contributed by atoms with Gasteiger partial charge in [0.05, 0.1) is 5.69 Å². The number of hydrogen-bond donors (Lipinski definition) is 4. The van der Waals surface area contributed by atoms with Crippen molar-refractivity contribution in [2.75, 3.05) is 11.5 Å². The first-order chi connectivity index (χ1) is 7.58. The second kappa shape index (κ2) is 3.66. The Kier molecular flexibility index (Phi) is 2.32. The van der Waals surface area contributed by atoms with Crippen LogP contribution in [0.5, 0.6) is 11.5 Å². The molecule has 0 spiro atoms. The van der Waals surface area contributed by atoms with Gasteiger partial charge in [-0.15, -0.1) is 0 Å². The molecule has 4 nitrogen and oxygen atoms in total. The van der Waals surface area contributed by atoms with Crippen molar-refractivity contribution in [3.63, 3.8) is 0 Å². The molecule has 0 saturated carbocycles. The highest BCUT2D eigenvalue weighted by Crippen LogP contribution is 2.33. The normalized spacial score (nSPS) is 10.2. The zero-order chi connectivity index (χ0) is 11.7. The first kappa shape index (κ1) is 10.2. The van der Waals surface area contributed by atoms with Crippen LogP contribution in [0, 0.1) is 0 Å². The lowest BCUT2D eigenvalue weighted by atomic mass is 10.0. The monoisotopic (exact) mass is 216 g/mol. The minimum absolute atomic E-state index is 0.0266. The summed E-state index contributed by atoms with van der Waals surface area (Å²) in [6, 6.07) is 9.63. The molecular weight excluding hydrogens is 204 g/mol. The quantitative estimate of drug-likeness (QED) is 0.433. The van der Waals surface area contributed by atoms with Gasteiger partial charge in [0.15, 0.2) is 0 Å². The van der Waals surface area contributed by atoms with Crippen LogP contribution < -0.4 is 11.5 Å². The molecule has 2 aromatic carbocycles. The summed E-state index contributed by atoms with van der Waals surface area (Å²) in [6.07, 6.45) is 0. The molecule has 0 bridgehead atoms. The summed E-state index contributed by atoms with van der Waals surface area (Å²) >= 11 is 0. The molecule has 2 aromatic rings. The van der Waals surface area contributed by atoms with Gasteiger partial charge in [-0.3, -0.25) is 0 Å². The molecule has 0 heterocycles. The van der Waals surface area contributed by atoms with Gasteiger partial charge in [-0.05, 0) is 29.8 Å². The van der Waals surface area contributed by atoms with Gasteiger partial charge in [-0.25, -0.2) is 0 Å². The summed E-state index contributed by atoms with van der Waals surface area (Å²) in [5.74, 6) is 0.115. The number of rotatable bonds is 1. The first-order valence-corrected chi connectivity index (χ1v) is 4.75. The van der Waals surface area contributed by atoms with Crippen LogP contribution in [0.15, 0.2) is 36.4 Å². The third kappa shape index (κ3) is 1.72. The Hall–Kier alpha value is -2.36. The summed E-state index contributed by atoms with van der Waals surface area (Å²) in [6.45, 7) is 0. The summed E-state index contributed by atoms with van der Waals surface area (Å²) < 4.78 is 0. The van der Waals surface area contributed by atoms with E-state index >= 15 is 0 Å². The van der Waals surface area contributed by atoms with E-state index in [4.69, 9.17) is 11.5 Å². The number of nitrogen functional groups attached to an aromatic ring is 2. The van der Waals surface area contributed by atoms with E-state index in [9.17, 15) is 10.2 Å². The van der Waals surface area contributed by atoms with Crippen LogP contribution in [0.25, 0.3) is 11.1 Å². The average molecular weight is 216 g/mol. The molecule has 6 N–H and O–H groups in total. The zero-order valence-electron chi connectivity index (χ0n) is 8.51. The van der Waals surface area contributed by atoms with Crippen molar-refractivity contribution in [3.8, 4) is 22.6 Å². The van der Waals surface area contributed by atoms with Crippen molar-refractivity contribution in [2.45, 2.75) is 0 Å². The van der Waals surface area contributed by atoms with Crippen molar-refractivity contribution in [1.82, 2.24) is 0 Å². The van der Waals surface area contributed by atoms with E-state index in [1.807, 2.05) is 0 Å². The van der Waals surface area contributed by atoms with Gasteiger partial charge in [0.2, 0.25) is 0 Å². The van der Waals surface area contributed by atoms with Crippen molar-refractivity contribution in [1.29, 1.82) is 0 Å². The van der Waals surface area contributed by atoms with Crippen LogP contribution in [0.2, 0.25) is 0 Å². The van der Waals surface area contributed by atoms with Gasteiger partial charge in [-0.2, -0.15) is 0 Å². The maximum atomic E-state index is 9.72. The first-order valence-electron chi connectivity index (χ1n) is 4.75. The number of benzene rings is 2. The van der Waals surface area contributed by atoms with E-state index in [0.717, 1.165) is 5.56 Å². The van der Waals surface area contributed by atoms with Crippen molar-refractivity contribution in [3.05, 3.63) is 36.4 Å². The molecule has 0 aromatic heterocycles. The van der Waals surface area contributed by atoms with Crippen LogP contribution in [0.1, 0.15) is 0 Å². The minimum Gasteiger partial charge on any atom is -0.507 e. The molecular formula is C12H12N2O2. The number of nitrogens with two attached hydrogens (primary N) is 2. The van der Waals surface area contributed by atoms with Crippen LogP contribution in [0.3, 0.4) is 0 Å². The fourth-order valence-corrected chi connectivity index (χ4v) is 1.51. The molecule has 16 heavy (non-hydrogen) atoms. The second-order valence-electron chi connectivity index (χ2n) is 3.55. The summed E-state index contributed by atoms with van der Waals surface area (Å²) in [7, 11) is 0. The molecule has 0 radical (unpaired) electrons. The maximum Gasteiger partial charge on any atom is 0.138 e. The number of phenolic OH excluding ortho intramolecular Hbond substituents is 2. The predicted octanol–water partition coefficient (Wildman–Crippen LogP) is 1.93. The van der Waals surface area contributed by atoms with Gasteiger partial charge in [0.1, 0.15) is 11.5 Å². The fourth-order valence-electron chi connectivity index (χ4n) is 1.51. The zero-order valence-corrected chi connectivity index (χ0v) is 8.51. The Bertz CT molecular complexity index is 539. The Morgan fingerprint density at radius 2 is 1.56 bits per heavy atom.